The minimum absolute atomic E-state index is 0.429. The topological polar surface area (TPSA) is 66.6 Å². The Morgan fingerprint density at radius 2 is 2.30 bits per heavy atom. The lowest BCUT2D eigenvalue weighted by atomic mass is 10.2. The number of hydrogen-bond donors (Lipinski definition) is 2. The van der Waals surface area contributed by atoms with Crippen LogP contribution in [0.25, 0.3) is 0 Å². The van der Waals surface area contributed by atoms with Gasteiger partial charge in [-0.1, -0.05) is 13.3 Å². The minimum Gasteiger partial charge on any atom is -0.320 e. The number of rotatable bonds is 3. The molecule has 0 radical (unpaired) electrons. The van der Waals surface area contributed by atoms with Gasteiger partial charge in [0, 0.05) is 7.05 Å². The van der Waals surface area contributed by atoms with Crippen molar-refractivity contribution in [2.75, 3.05) is 7.05 Å². The summed E-state index contributed by atoms with van der Waals surface area (Å²) in [4.78, 5) is 10.8. The summed E-state index contributed by atoms with van der Waals surface area (Å²) in [5.41, 5.74) is 5.38. The number of hydrogen-bond acceptors (Lipinski definition) is 3. The minimum atomic E-state index is -0.556. The van der Waals surface area contributed by atoms with E-state index in [9.17, 15) is 4.79 Å². The highest BCUT2D eigenvalue weighted by Crippen LogP contribution is 1.95. The van der Waals surface area contributed by atoms with Crippen LogP contribution >= 0.6 is 0 Å². The van der Waals surface area contributed by atoms with E-state index in [1.807, 2.05) is 6.92 Å². The molecular weight excluding hydrogens is 132 g/mol. The molecule has 1 amide bonds. The first-order valence-corrected chi connectivity index (χ1v) is 3.31. The zero-order valence-corrected chi connectivity index (χ0v) is 6.37. The van der Waals surface area contributed by atoms with Gasteiger partial charge in [-0.15, -0.1) is 0 Å². The predicted molar refractivity (Wildman–Crippen MR) is 37.4 cm³/mol. The summed E-state index contributed by atoms with van der Waals surface area (Å²) in [7, 11) is 1.28. The molecule has 0 aromatic carbocycles. The van der Waals surface area contributed by atoms with Gasteiger partial charge in [0.05, 0.1) is 6.04 Å². The molecule has 0 aromatic heterocycles. The van der Waals surface area contributed by atoms with Gasteiger partial charge in [0.25, 0.3) is 5.91 Å². The molecule has 0 aliphatic carbocycles. The van der Waals surface area contributed by atoms with Crippen LogP contribution in [0, 0.1) is 0 Å². The lowest BCUT2D eigenvalue weighted by Gasteiger charge is -2.13. The average molecular weight is 146 g/mol. The molecule has 0 rings (SSSR count). The molecular formula is C6H14N2O2. The second kappa shape index (κ2) is 4.24. The van der Waals surface area contributed by atoms with Crippen LogP contribution in [-0.4, -0.2) is 29.3 Å². The fourth-order valence-corrected chi connectivity index (χ4v) is 0.674. The Labute approximate surface area is 60.6 Å². The van der Waals surface area contributed by atoms with Crippen LogP contribution in [0.4, 0.5) is 0 Å². The molecule has 0 fully saturated rings. The molecule has 10 heavy (non-hydrogen) atoms. The molecule has 0 aliphatic heterocycles. The monoisotopic (exact) mass is 146 g/mol. The Kier molecular flexibility index (Phi) is 3.99. The number of nitrogens with zero attached hydrogens (tertiary/aromatic N) is 1. The standard InChI is InChI=1S/C6H14N2O2/c1-3-4-5(7)6(9)8(2)10/h5,10H,3-4,7H2,1-2H3/t5-/m1/s1. The summed E-state index contributed by atoms with van der Waals surface area (Å²) in [6.45, 7) is 1.94. The molecule has 0 bridgehead atoms. The van der Waals surface area contributed by atoms with Crippen molar-refractivity contribution in [1.82, 2.24) is 5.06 Å². The maximum Gasteiger partial charge on any atom is 0.262 e. The first-order valence-electron chi connectivity index (χ1n) is 3.31. The summed E-state index contributed by atoms with van der Waals surface area (Å²) in [6.07, 6.45) is 1.46. The van der Waals surface area contributed by atoms with Crippen LogP contribution in [0.3, 0.4) is 0 Å². The zero-order valence-electron chi connectivity index (χ0n) is 6.37. The lowest BCUT2D eigenvalue weighted by Crippen LogP contribution is -2.39. The van der Waals surface area contributed by atoms with E-state index in [0.29, 0.717) is 11.5 Å². The van der Waals surface area contributed by atoms with Gasteiger partial charge < -0.3 is 5.73 Å². The van der Waals surface area contributed by atoms with E-state index in [2.05, 4.69) is 0 Å². The van der Waals surface area contributed by atoms with Gasteiger partial charge in [-0.3, -0.25) is 10.0 Å². The number of carbonyl (C=O) groups excluding carboxylic acids is 1. The molecule has 0 heterocycles. The van der Waals surface area contributed by atoms with Crippen LogP contribution in [0.1, 0.15) is 19.8 Å². The molecule has 0 aliphatic rings. The SMILES string of the molecule is CCC[C@@H](N)C(=O)N(C)O. The Morgan fingerprint density at radius 3 is 2.60 bits per heavy atom. The van der Waals surface area contributed by atoms with Crippen molar-refractivity contribution in [3.8, 4) is 0 Å². The third-order valence-electron chi connectivity index (χ3n) is 1.24. The van der Waals surface area contributed by atoms with Crippen LogP contribution < -0.4 is 5.73 Å². The normalized spacial score (nSPS) is 12.8. The van der Waals surface area contributed by atoms with Gasteiger partial charge in [-0.2, -0.15) is 0 Å². The van der Waals surface area contributed by atoms with E-state index in [-0.39, 0.29) is 0 Å². The van der Waals surface area contributed by atoms with Gasteiger partial charge in [0.1, 0.15) is 0 Å². The molecule has 0 saturated heterocycles. The van der Waals surface area contributed by atoms with Crippen molar-refractivity contribution in [3.05, 3.63) is 0 Å². The van der Waals surface area contributed by atoms with Crippen molar-refractivity contribution in [3.63, 3.8) is 0 Å². The van der Waals surface area contributed by atoms with Crippen LogP contribution in [0.2, 0.25) is 0 Å². The smallest absolute Gasteiger partial charge is 0.262 e. The van der Waals surface area contributed by atoms with Crippen molar-refractivity contribution in [2.24, 2.45) is 5.73 Å². The van der Waals surface area contributed by atoms with Crippen molar-refractivity contribution in [1.29, 1.82) is 0 Å². The van der Waals surface area contributed by atoms with E-state index in [1.54, 1.807) is 0 Å². The zero-order chi connectivity index (χ0) is 8.15. The molecule has 3 N–H and O–H groups in total. The van der Waals surface area contributed by atoms with Gasteiger partial charge >= 0.3 is 0 Å². The predicted octanol–water partition coefficient (Wildman–Crippen LogP) is -0.0386. The maximum atomic E-state index is 10.8. The highest BCUT2D eigenvalue weighted by molar-refractivity contribution is 5.80. The second-order valence-electron chi connectivity index (χ2n) is 2.26. The summed E-state index contributed by atoms with van der Waals surface area (Å²) >= 11 is 0. The number of likely N-dealkylation sites (N-methyl/N-ethyl adjacent to an activating group) is 1. The molecule has 60 valence electrons. The van der Waals surface area contributed by atoms with Gasteiger partial charge in [-0.25, -0.2) is 5.06 Å². The van der Waals surface area contributed by atoms with E-state index < -0.39 is 11.9 Å². The Balaban J connectivity index is 3.71. The number of nitrogens with two attached hydrogens (primary N) is 1. The van der Waals surface area contributed by atoms with E-state index in [0.717, 1.165) is 6.42 Å². The van der Waals surface area contributed by atoms with Crippen molar-refractivity contribution in [2.45, 2.75) is 25.8 Å². The highest BCUT2D eigenvalue weighted by atomic mass is 16.5. The highest BCUT2D eigenvalue weighted by Gasteiger charge is 2.14. The third-order valence-corrected chi connectivity index (χ3v) is 1.24. The summed E-state index contributed by atoms with van der Waals surface area (Å²) in [6, 6.07) is -0.556. The van der Waals surface area contributed by atoms with Crippen LogP contribution in [0.15, 0.2) is 0 Å². The summed E-state index contributed by atoms with van der Waals surface area (Å²) in [5.74, 6) is -0.429. The number of amides is 1. The van der Waals surface area contributed by atoms with Crippen LogP contribution in [-0.2, 0) is 4.79 Å². The summed E-state index contributed by atoms with van der Waals surface area (Å²) < 4.78 is 0. The maximum absolute atomic E-state index is 10.8. The molecule has 4 heteroatoms. The first-order chi connectivity index (χ1) is 4.59. The largest absolute Gasteiger partial charge is 0.320 e. The Hall–Kier alpha value is -0.610. The molecule has 0 unspecified atom stereocenters. The van der Waals surface area contributed by atoms with Crippen molar-refractivity contribution >= 4 is 5.91 Å². The fraction of sp³-hybridized carbons (Fsp3) is 0.833. The quantitative estimate of drug-likeness (QED) is 0.433. The second-order valence-corrected chi connectivity index (χ2v) is 2.26. The molecule has 1 atom stereocenters. The summed E-state index contributed by atoms with van der Waals surface area (Å²) in [5, 5.41) is 9.15. The van der Waals surface area contributed by atoms with E-state index >= 15 is 0 Å². The van der Waals surface area contributed by atoms with E-state index in [4.69, 9.17) is 10.9 Å². The number of hydroxylamine groups is 2. The molecule has 0 spiro atoms. The molecule has 0 aromatic rings. The fourth-order valence-electron chi connectivity index (χ4n) is 0.674. The Morgan fingerprint density at radius 1 is 1.80 bits per heavy atom. The molecule has 0 saturated carbocycles. The van der Waals surface area contributed by atoms with Gasteiger partial charge in [-0.05, 0) is 6.42 Å². The van der Waals surface area contributed by atoms with Crippen LogP contribution in [0.5, 0.6) is 0 Å². The van der Waals surface area contributed by atoms with E-state index in [1.165, 1.54) is 7.05 Å². The van der Waals surface area contributed by atoms with Gasteiger partial charge in [0.2, 0.25) is 0 Å². The molecule has 4 nitrogen and oxygen atoms in total. The first kappa shape index (κ1) is 9.39. The van der Waals surface area contributed by atoms with Gasteiger partial charge in [0.15, 0.2) is 0 Å². The lowest BCUT2D eigenvalue weighted by molar-refractivity contribution is -0.160. The Bertz CT molecular complexity index is 114. The number of carbonyl (C=O) groups is 1. The van der Waals surface area contributed by atoms with Crippen molar-refractivity contribution < 1.29 is 10.0 Å². The third kappa shape index (κ3) is 2.80. The average Bonchev–Trinajstić information content (AvgIpc) is 1.87.